The van der Waals surface area contributed by atoms with Gasteiger partial charge in [-0.05, 0) is 0 Å². The minimum Gasteiger partial charge on any atom is -0.394 e. The molecule has 0 aliphatic carbocycles. The van der Waals surface area contributed by atoms with Crippen molar-refractivity contribution in [1.82, 2.24) is 0 Å². The first kappa shape index (κ1) is 9.67. The molecule has 0 amide bonds. The SMILES string of the molecule is NC(CO)(CO)C(F)(F)F. The number of nitrogens with two attached hydrogens (primary N) is 1. The zero-order valence-corrected chi connectivity index (χ0v) is 5.02. The van der Waals surface area contributed by atoms with E-state index in [1.807, 2.05) is 0 Å². The van der Waals surface area contributed by atoms with Gasteiger partial charge >= 0.3 is 6.18 Å². The third kappa shape index (κ3) is 1.59. The van der Waals surface area contributed by atoms with Crippen LogP contribution in [0.1, 0.15) is 0 Å². The maximum Gasteiger partial charge on any atom is 0.410 e. The first-order valence-corrected chi connectivity index (χ1v) is 2.45. The van der Waals surface area contributed by atoms with E-state index >= 15 is 0 Å². The second-order valence-electron chi connectivity index (χ2n) is 1.97. The van der Waals surface area contributed by atoms with Crippen LogP contribution >= 0.6 is 0 Å². The molecule has 62 valence electrons. The van der Waals surface area contributed by atoms with Crippen molar-refractivity contribution >= 4 is 0 Å². The summed E-state index contributed by atoms with van der Waals surface area (Å²) in [7, 11) is 0. The fourth-order valence-corrected chi connectivity index (χ4v) is 0.229. The summed E-state index contributed by atoms with van der Waals surface area (Å²) < 4.78 is 35.0. The van der Waals surface area contributed by atoms with E-state index < -0.39 is 24.9 Å². The standard InChI is InChI=1S/C4H8F3NO2/c5-4(6,7)3(8,1-9)2-10/h9-10H,1-2,8H2. The Balaban J connectivity index is 4.33. The van der Waals surface area contributed by atoms with Crippen LogP contribution in [0.2, 0.25) is 0 Å². The first-order chi connectivity index (χ1) is 4.37. The minimum absolute atomic E-state index is 1.31. The highest BCUT2D eigenvalue weighted by atomic mass is 19.4. The Bertz CT molecular complexity index is 110. The van der Waals surface area contributed by atoms with Gasteiger partial charge in [-0.3, -0.25) is 0 Å². The van der Waals surface area contributed by atoms with Crippen molar-refractivity contribution in [2.24, 2.45) is 5.73 Å². The molecule has 0 spiro atoms. The highest BCUT2D eigenvalue weighted by molar-refractivity contribution is 4.90. The number of halogens is 3. The first-order valence-electron chi connectivity index (χ1n) is 2.45. The largest absolute Gasteiger partial charge is 0.410 e. The predicted octanol–water partition coefficient (Wildman–Crippen LogP) is -0.769. The lowest BCUT2D eigenvalue weighted by molar-refractivity contribution is -0.205. The number of hydrogen-bond donors (Lipinski definition) is 3. The molecular weight excluding hydrogens is 151 g/mol. The van der Waals surface area contributed by atoms with E-state index in [0.717, 1.165) is 0 Å². The Morgan fingerprint density at radius 2 is 1.40 bits per heavy atom. The van der Waals surface area contributed by atoms with Gasteiger partial charge in [-0.25, -0.2) is 0 Å². The van der Waals surface area contributed by atoms with Crippen LogP contribution in [0.25, 0.3) is 0 Å². The summed E-state index contributed by atoms with van der Waals surface area (Å²) in [6.45, 7) is -2.62. The van der Waals surface area contributed by atoms with Crippen LogP contribution in [-0.2, 0) is 0 Å². The summed E-state index contributed by atoms with van der Waals surface area (Å²) in [5, 5.41) is 16.2. The van der Waals surface area contributed by atoms with Gasteiger partial charge < -0.3 is 15.9 Å². The van der Waals surface area contributed by atoms with Gasteiger partial charge in [0.25, 0.3) is 0 Å². The van der Waals surface area contributed by atoms with E-state index in [9.17, 15) is 13.2 Å². The molecule has 4 N–H and O–H groups in total. The molecule has 10 heavy (non-hydrogen) atoms. The molecule has 0 saturated heterocycles. The molecule has 0 saturated carbocycles. The molecule has 0 rings (SSSR count). The highest BCUT2D eigenvalue weighted by Crippen LogP contribution is 2.27. The van der Waals surface area contributed by atoms with E-state index in [1.165, 1.54) is 0 Å². The number of aliphatic hydroxyl groups is 2. The maximum atomic E-state index is 11.7. The summed E-state index contributed by atoms with van der Waals surface area (Å²) in [6, 6.07) is 0. The Morgan fingerprint density at radius 1 is 1.10 bits per heavy atom. The van der Waals surface area contributed by atoms with Crippen molar-refractivity contribution < 1.29 is 23.4 Å². The molecule has 0 aliphatic heterocycles. The summed E-state index contributed by atoms with van der Waals surface area (Å²) in [5.74, 6) is 0. The van der Waals surface area contributed by atoms with Crippen LogP contribution in [0.15, 0.2) is 0 Å². The number of rotatable bonds is 2. The Labute approximate surface area is 55.3 Å². The lowest BCUT2D eigenvalue weighted by atomic mass is 10.0. The van der Waals surface area contributed by atoms with Crippen LogP contribution in [0.5, 0.6) is 0 Å². The van der Waals surface area contributed by atoms with Crippen molar-refractivity contribution in [3.05, 3.63) is 0 Å². The molecule has 0 atom stereocenters. The van der Waals surface area contributed by atoms with Crippen molar-refractivity contribution in [3.8, 4) is 0 Å². The molecule has 0 aromatic heterocycles. The van der Waals surface area contributed by atoms with Gasteiger partial charge in [0, 0.05) is 0 Å². The van der Waals surface area contributed by atoms with Crippen molar-refractivity contribution in [3.63, 3.8) is 0 Å². The number of alkyl halides is 3. The van der Waals surface area contributed by atoms with E-state index in [2.05, 4.69) is 5.73 Å². The summed E-state index contributed by atoms with van der Waals surface area (Å²) >= 11 is 0. The fourth-order valence-electron chi connectivity index (χ4n) is 0.229. The van der Waals surface area contributed by atoms with Gasteiger partial charge in [0.15, 0.2) is 5.54 Å². The number of hydrogen-bond acceptors (Lipinski definition) is 3. The molecule has 3 nitrogen and oxygen atoms in total. The van der Waals surface area contributed by atoms with Gasteiger partial charge in [-0.15, -0.1) is 0 Å². The van der Waals surface area contributed by atoms with Crippen molar-refractivity contribution in [2.45, 2.75) is 11.7 Å². The third-order valence-electron chi connectivity index (χ3n) is 1.13. The smallest absolute Gasteiger partial charge is 0.394 e. The molecule has 0 aliphatic rings. The number of aliphatic hydroxyl groups excluding tert-OH is 2. The molecule has 0 aromatic carbocycles. The molecule has 6 heteroatoms. The average molecular weight is 159 g/mol. The van der Waals surface area contributed by atoms with Crippen molar-refractivity contribution in [2.75, 3.05) is 13.2 Å². The molecule has 0 heterocycles. The van der Waals surface area contributed by atoms with Gasteiger partial charge in [0.2, 0.25) is 0 Å². The third-order valence-corrected chi connectivity index (χ3v) is 1.13. The predicted molar refractivity (Wildman–Crippen MR) is 27.1 cm³/mol. The Hall–Kier alpha value is -0.330. The minimum atomic E-state index is -4.77. The maximum absolute atomic E-state index is 11.7. The second-order valence-corrected chi connectivity index (χ2v) is 1.97. The zero-order chi connectivity index (χ0) is 8.41. The molecule has 0 aromatic rings. The van der Waals surface area contributed by atoms with Gasteiger partial charge in [0.1, 0.15) is 0 Å². The van der Waals surface area contributed by atoms with Crippen LogP contribution < -0.4 is 5.73 Å². The van der Waals surface area contributed by atoms with Crippen LogP contribution in [0, 0.1) is 0 Å². The Morgan fingerprint density at radius 3 is 1.40 bits per heavy atom. The van der Waals surface area contributed by atoms with Gasteiger partial charge in [0.05, 0.1) is 13.2 Å². The summed E-state index contributed by atoms with van der Waals surface area (Å²) in [5.41, 5.74) is 1.68. The summed E-state index contributed by atoms with van der Waals surface area (Å²) in [4.78, 5) is 0. The lowest BCUT2D eigenvalue weighted by Gasteiger charge is -2.26. The van der Waals surface area contributed by atoms with Crippen LogP contribution in [0.4, 0.5) is 13.2 Å². The van der Waals surface area contributed by atoms with Gasteiger partial charge in [-0.2, -0.15) is 13.2 Å². The fraction of sp³-hybridized carbons (Fsp3) is 1.00. The zero-order valence-electron chi connectivity index (χ0n) is 5.02. The quantitative estimate of drug-likeness (QED) is 0.495. The highest BCUT2D eigenvalue weighted by Gasteiger charge is 2.51. The Kier molecular flexibility index (Phi) is 2.64. The van der Waals surface area contributed by atoms with E-state index in [1.54, 1.807) is 0 Å². The molecular formula is C4H8F3NO2. The van der Waals surface area contributed by atoms with Gasteiger partial charge in [-0.1, -0.05) is 0 Å². The monoisotopic (exact) mass is 159 g/mol. The second kappa shape index (κ2) is 2.73. The van der Waals surface area contributed by atoms with Crippen LogP contribution in [-0.4, -0.2) is 35.1 Å². The molecule has 0 fully saturated rings. The van der Waals surface area contributed by atoms with Crippen molar-refractivity contribution in [1.29, 1.82) is 0 Å². The molecule has 0 unspecified atom stereocenters. The average Bonchev–Trinajstić information content (AvgIpc) is 1.84. The summed E-state index contributed by atoms with van der Waals surface area (Å²) in [6.07, 6.45) is -4.77. The molecule has 0 bridgehead atoms. The van der Waals surface area contributed by atoms with E-state index in [0.29, 0.717) is 0 Å². The lowest BCUT2D eigenvalue weighted by Crippen LogP contribution is -2.59. The van der Waals surface area contributed by atoms with Crippen LogP contribution in [0.3, 0.4) is 0 Å². The topological polar surface area (TPSA) is 66.5 Å². The molecule has 0 radical (unpaired) electrons. The normalized spacial score (nSPS) is 13.8. The van der Waals surface area contributed by atoms with E-state index in [-0.39, 0.29) is 0 Å². The van der Waals surface area contributed by atoms with E-state index in [4.69, 9.17) is 10.2 Å².